The van der Waals surface area contributed by atoms with Crippen molar-refractivity contribution in [3.63, 3.8) is 0 Å². The van der Waals surface area contributed by atoms with Gasteiger partial charge in [0.15, 0.2) is 4.80 Å². The molecule has 6 nitrogen and oxygen atoms in total. The van der Waals surface area contributed by atoms with E-state index in [0.717, 1.165) is 10.0 Å². The van der Waals surface area contributed by atoms with Gasteiger partial charge in [-0.05, 0) is 46.1 Å². The first-order chi connectivity index (χ1) is 15.3. The number of rotatable bonds is 4. The van der Waals surface area contributed by atoms with E-state index in [2.05, 4.69) is 36.9 Å². The number of allylic oxidation sites excluding steroid dienone is 1. The second-order valence-corrected chi connectivity index (χ2v) is 9.80. The van der Waals surface area contributed by atoms with Gasteiger partial charge in [0.05, 0.1) is 33.4 Å². The van der Waals surface area contributed by atoms with Crippen molar-refractivity contribution in [3.05, 3.63) is 93.5 Å². The molecule has 164 valence electrons. The summed E-state index contributed by atoms with van der Waals surface area (Å²) in [5.74, 6) is -0.481. The highest BCUT2D eigenvalue weighted by Gasteiger charge is 2.33. The Kier molecular flexibility index (Phi) is 6.50. The van der Waals surface area contributed by atoms with Gasteiger partial charge in [-0.25, -0.2) is 9.79 Å². The quantitative estimate of drug-likeness (QED) is 0.475. The molecule has 0 spiro atoms. The van der Waals surface area contributed by atoms with Crippen molar-refractivity contribution < 1.29 is 14.6 Å². The number of carbonyl (C=O) groups is 1. The van der Waals surface area contributed by atoms with Crippen LogP contribution in [0.15, 0.2) is 72.5 Å². The number of aromatic nitrogens is 1. The van der Waals surface area contributed by atoms with Crippen molar-refractivity contribution in [2.24, 2.45) is 4.99 Å². The number of hydrogen-bond acceptors (Lipinski definition) is 6. The normalized spacial score (nSPS) is 16.0. The highest BCUT2D eigenvalue weighted by molar-refractivity contribution is 9.11. The van der Waals surface area contributed by atoms with Crippen LogP contribution in [0.4, 0.5) is 0 Å². The highest BCUT2D eigenvalue weighted by atomic mass is 79.9. The van der Waals surface area contributed by atoms with E-state index >= 15 is 0 Å². The first-order valence-electron chi connectivity index (χ1n) is 9.71. The molecule has 1 atom stereocenters. The molecule has 0 fully saturated rings. The summed E-state index contributed by atoms with van der Waals surface area (Å²) < 4.78 is 8.24. The maximum atomic E-state index is 13.5. The van der Waals surface area contributed by atoms with Crippen LogP contribution < -0.4 is 14.9 Å². The van der Waals surface area contributed by atoms with Gasteiger partial charge in [-0.3, -0.25) is 9.36 Å². The molecule has 0 bridgehead atoms. The van der Waals surface area contributed by atoms with E-state index < -0.39 is 12.0 Å². The number of hydrogen-bond donors (Lipinski definition) is 1. The van der Waals surface area contributed by atoms with E-state index in [4.69, 9.17) is 4.74 Å². The van der Waals surface area contributed by atoms with Crippen LogP contribution in [0, 0.1) is 0 Å². The molecule has 0 saturated heterocycles. The highest BCUT2D eigenvalue weighted by Crippen LogP contribution is 2.33. The number of thiazole rings is 1. The zero-order chi connectivity index (χ0) is 23.0. The zero-order valence-corrected chi connectivity index (χ0v) is 21.1. The molecule has 4 rings (SSSR count). The van der Waals surface area contributed by atoms with Gasteiger partial charge in [-0.1, -0.05) is 64.5 Å². The lowest BCUT2D eigenvalue weighted by Crippen LogP contribution is -2.40. The maximum Gasteiger partial charge on any atom is 0.338 e. The van der Waals surface area contributed by atoms with Crippen molar-refractivity contribution in [2.45, 2.75) is 19.4 Å². The van der Waals surface area contributed by atoms with Gasteiger partial charge in [-0.15, -0.1) is 0 Å². The van der Waals surface area contributed by atoms with Crippen molar-refractivity contribution >= 4 is 55.2 Å². The van der Waals surface area contributed by atoms with Crippen molar-refractivity contribution in [2.75, 3.05) is 7.11 Å². The number of phenols is 1. The molecule has 0 aliphatic carbocycles. The molecule has 1 N–H and O–H groups in total. The predicted molar refractivity (Wildman–Crippen MR) is 130 cm³/mol. The Bertz CT molecular complexity index is 1420. The predicted octanol–water partition coefficient (Wildman–Crippen LogP) is 4.03. The minimum Gasteiger partial charge on any atom is -0.506 e. The van der Waals surface area contributed by atoms with Gasteiger partial charge >= 0.3 is 5.97 Å². The molecule has 2 heterocycles. The molecule has 0 unspecified atom stereocenters. The summed E-state index contributed by atoms with van der Waals surface area (Å²) in [7, 11) is 1.32. The molecule has 1 aliphatic rings. The van der Waals surface area contributed by atoms with E-state index in [0.29, 0.717) is 37.1 Å². The first kappa shape index (κ1) is 22.7. The SMILES string of the molecule is CCC1=C(C(=O)OC)[C@@H](c2ccccc2)n2c(s/c(=C\c3cc(Br)cc(Br)c3O)c2=O)=N1. The average molecular weight is 578 g/mol. The summed E-state index contributed by atoms with van der Waals surface area (Å²) in [6.45, 7) is 1.91. The van der Waals surface area contributed by atoms with Crippen molar-refractivity contribution in [1.29, 1.82) is 0 Å². The summed E-state index contributed by atoms with van der Waals surface area (Å²) >= 11 is 7.94. The van der Waals surface area contributed by atoms with Crippen LogP contribution in [-0.4, -0.2) is 22.8 Å². The molecule has 3 aromatic rings. The second-order valence-electron chi connectivity index (χ2n) is 7.02. The van der Waals surface area contributed by atoms with Crippen LogP contribution in [-0.2, 0) is 9.53 Å². The van der Waals surface area contributed by atoms with Crippen LogP contribution >= 0.6 is 43.2 Å². The number of phenolic OH excluding ortho intramolecular Hbond substituents is 1. The number of benzene rings is 2. The number of halogens is 2. The van der Waals surface area contributed by atoms with Gasteiger partial charge < -0.3 is 9.84 Å². The number of ether oxygens (including phenoxy) is 1. The molecular weight excluding hydrogens is 560 g/mol. The van der Waals surface area contributed by atoms with Gasteiger partial charge in [0.1, 0.15) is 5.75 Å². The molecular formula is C23H18Br2N2O4S. The summed E-state index contributed by atoms with van der Waals surface area (Å²) in [4.78, 5) is 31.4. The third kappa shape index (κ3) is 4.00. The summed E-state index contributed by atoms with van der Waals surface area (Å²) in [5, 5.41) is 10.4. The van der Waals surface area contributed by atoms with Gasteiger partial charge in [-0.2, -0.15) is 0 Å². The Morgan fingerprint density at radius 3 is 2.66 bits per heavy atom. The van der Waals surface area contributed by atoms with Crippen LogP contribution in [0.25, 0.3) is 6.08 Å². The minimum atomic E-state index is -0.653. The zero-order valence-electron chi connectivity index (χ0n) is 17.1. The average Bonchev–Trinajstić information content (AvgIpc) is 3.10. The fourth-order valence-corrected chi connectivity index (χ4v) is 5.92. The van der Waals surface area contributed by atoms with Crippen molar-refractivity contribution in [1.82, 2.24) is 4.57 Å². The summed E-state index contributed by atoms with van der Waals surface area (Å²) in [6.07, 6.45) is 2.14. The van der Waals surface area contributed by atoms with E-state index in [1.54, 1.807) is 18.2 Å². The second kappa shape index (κ2) is 9.17. The molecule has 0 amide bonds. The maximum absolute atomic E-state index is 13.5. The molecule has 2 aromatic carbocycles. The third-order valence-corrected chi connectivity index (χ3v) is 7.16. The van der Waals surface area contributed by atoms with E-state index in [1.165, 1.54) is 23.0 Å². The third-order valence-electron chi connectivity index (χ3n) is 5.11. The molecule has 1 aromatic heterocycles. The van der Waals surface area contributed by atoms with E-state index in [9.17, 15) is 14.7 Å². The smallest absolute Gasteiger partial charge is 0.338 e. The fourth-order valence-electron chi connectivity index (χ4n) is 3.65. The van der Waals surface area contributed by atoms with Crippen LogP contribution in [0.2, 0.25) is 0 Å². The Hall–Kier alpha value is -2.49. The Labute approximate surface area is 204 Å². The number of nitrogens with zero attached hydrogens (tertiary/aromatic N) is 2. The number of aromatic hydroxyl groups is 1. The molecule has 0 saturated carbocycles. The Balaban J connectivity index is 2.03. The lowest BCUT2D eigenvalue weighted by Gasteiger charge is -2.25. The lowest BCUT2D eigenvalue weighted by molar-refractivity contribution is -0.136. The van der Waals surface area contributed by atoms with E-state index in [-0.39, 0.29) is 11.3 Å². The van der Waals surface area contributed by atoms with Gasteiger partial charge in [0, 0.05) is 10.0 Å². The minimum absolute atomic E-state index is 0.0307. The Morgan fingerprint density at radius 1 is 1.28 bits per heavy atom. The standard InChI is InChI=1S/C23H18Br2N2O4S/c1-3-16-18(22(30)31-2)19(12-7-5-4-6-8-12)27-21(29)17(32-23(27)26-16)10-13-9-14(24)11-15(25)20(13)28/h4-11,19,28H,3H2,1-2H3/b17-10-/t19-/m1/s1. The summed E-state index contributed by atoms with van der Waals surface area (Å²) in [6, 6.07) is 12.2. The van der Waals surface area contributed by atoms with E-state index in [1.807, 2.05) is 37.3 Å². The molecule has 0 radical (unpaired) electrons. The largest absolute Gasteiger partial charge is 0.506 e. The van der Waals surface area contributed by atoms with Gasteiger partial charge in [0.2, 0.25) is 0 Å². The molecule has 32 heavy (non-hydrogen) atoms. The first-order valence-corrected chi connectivity index (χ1v) is 12.1. The molecule has 1 aliphatic heterocycles. The monoisotopic (exact) mass is 576 g/mol. The number of fused-ring (bicyclic) bond motifs is 1. The lowest BCUT2D eigenvalue weighted by atomic mass is 9.95. The Morgan fingerprint density at radius 2 is 2.00 bits per heavy atom. The topological polar surface area (TPSA) is 80.9 Å². The van der Waals surface area contributed by atoms with Crippen molar-refractivity contribution in [3.8, 4) is 5.75 Å². The number of carbonyl (C=O) groups excluding carboxylic acids is 1. The number of esters is 1. The van der Waals surface area contributed by atoms with Gasteiger partial charge in [0.25, 0.3) is 5.56 Å². The molecule has 9 heteroatoms. The van der Waals surface area contributed by atoms with Crippen LogP contribution in [0.5, 0.6) is 5.75 Å². The van der Waals surface area contributed by atoms with Crippen LogP contribution in [0.3, 0.4) is 0 Å². The van der Waals surface area contributed by atoms with Crippen LogP contribution in [0.1, 0.15) is 30.5 Å². The summed E-state index contributed by atoms with van der Waals surface area (Å²) in [5.41, 5.74) is 1.92. The fraction of sp³-hybridized carbons (Fsp3) is 0.174. The number of methoxy groups -OCH3 is 1.